The van der Waals surface area contributed by atoms with Gasteiger partial charge >= 0.3 is 0 Å². The summed E-state index contributed by atoms with van der Waals surface area (Å²) in [4.78, 5) is 14.2. The second kappa shape index (κ2) is 4.17. The quantitative estimate of drug-likeness (QED) is 0.721. The number of hydrogen-bond acceptors (Lipinski definition) is 1. The Morgan fingerprint density at radius 2 is 2.06 bits per heavy atom. The zero-order valence-corrected chi connectivity index (χ0v) is 11.2. The van der Waals surface area contributed by atoms with Gasteiger partial charge in [0, 0.05) is 17.6 Å². The summed E-state index contributed by atoms with van der Waals surface area (Å²) in [5, 5.41) is 0. The molecule has 0 aliphatic carbocycles. The molecule has 0 fully saturated rings. The molecule has 1 atom stereocenters. The molecule has 1 aromatic rings. The minimum absolute atomic E-state index is 0.0825. The Bertz CT molecular complexity index is 436. The number of benzene rings is 1. The Hall–Kier alpha value is -1.31. The molecule has 0 radical (unpaired) electrons. The van der Waals surface area contributed by atoms with Crippen LogP contribution < -0.4 is 4.90 Å². The smallest absolute Gasteiger partial charge is 0.227 e. The molecule has 1 aromatic carbocycles. The van der Waals surface area contributed by atoms with Gasteiger partial charge in [-0.2, -0.15) is 0 Å². The summed E-state index contributed by atoms with van der Waals surface area (Å²) in [6.45, 7) is 8.49. The minimum atomic E-state index is -0.0825. The predicted molar refractivity (Wildman–Crippen MR) is 71.3 cm³/mol. The van der Waals surface area contributed by atoms with E-state index in [1.165, 1.54) is 5.56 Å². The van der Waals surface area contributed by atoms with Gasteiger partial charge in [0.05, 0.1) is 0 Å². The van der Waals surface area contributed by atoms with Gasteiger partial charge in [-0.25, -0.2) is 0 Å². The number of nitrogens with zero attached hydrogens (tertiary/aromatic N) is 1. The molecular weight excluding hydrogens is 210 g/mol. The van der Waals surface area contributed by atoms with Crippen molar-refractivity contribution in [3.05, 3.63) is 29.8 Å². The van der Waals surface area contributed by atoms with Crippen molar-refractivity contribution in [2.45, 2.75) is 52.0 Å². The summed E-state index contributed by atoms with van der Waals surface area (Å²) >= 11 is 0. The second-order valence-electron chi connectivity index (χ2n) is 5.56. The first-order chi connectivity index (χ1) is 7.97. The van der Waals surface area contributed by atoms with Gasteiger partial charge in [-0.05, 0) is 37.8 Å². The number of carbonyl (C=O) groups excluding carboxylic acids is 1. The third-order valence-corrected chi connectivity index (χ3v) is 3.67. The summed E-state index contributed by atoms with van der Waals surface area (Å²) < 4.78 is 0. The molecule has 1 unspecified atom stereocenters. The Morgan fingerprint density at radius 1 is 1.41 bits per heavy atom. The third-order valence-electron chi connectivity index (χ3n) is 3.67. The molecule has 92 valence electrons. The summed E-state index contributed by atoms with van der Waals surface area (Å²) in [6, 6.07) is 8.29. The van der Waals surface area contributed by atoms with Crippen LogP contribution >= 0.6 is 0 Å². The molecule has 1 amide bonds. The molecule has 17 heavy (non-hydrogen) atoms. The molecule has 2 heteroatoms. The number of hydrogen-bond donors (Lipinski definition) is 0. The molecule has 0 aromatic heterocycles. The first-order valence-corrected chi connectivity index (χ1v) is 6.39. The van der Waals surface area contributed by atoms with Crippen LogP contribution in [0.2, 0.25) is 0 Å². The van der Waals surface area contributed by atoms with E-state index in [2.05, 4.69) is 39.0 Å². The summed E-state index contributed by atoms with van der Waals surface area (Å²) in [5.74, 6) is 0.733. The highest BCUT2D eigenvalue weighted by molar-refractivity contribution is 5.96. The van der Waals surface area contributed by atoms with Crippen LogP contribution in [0.4, 0.5) is 5.69 Å². The Kier molecular flexibility index (Phi) is 2.98. The fourth-order valence-electron chi connectivity index (χ4n) is 3.01. The predicted octanol–water partition coefficient (Wildman–Crippen LogP) is 3.72. The number of carbonyl (C=O) groups is 1. The lowest BCUT2D eigenvalue weighted by Crippen LogP contribution is -2.51. The molecule has 1 aliphatic rings. The molecule has 1 aliphatic heterocycles. The zero-order chi connectivity index (χ0) is 12.6. The van der Waals surface area contributed by atoms with Crippen molar-refractivity contribution in [2.24, 2.45) is 0 Å². The molecule has 0 spiro atoms. The van der Waals surface area contributed by atoms with E-state index in [0.29, 0.717) is 12.3 Å². The molecule has 0 saturated carbocycles. The van der Waals surface area contributed by atoms with Crippen molar-refractivity contribution in [2.75, 3.05) is 4.90 Å². The maximum Gasteiger partial charge on any atom is 0.227 e. The van der Waals surface area contributed by atoms with Crippen LogP contribution in [0.5, 0.6) is 0 Å². The van der Waals surface area contributed by atoms with Crippen LogP contribution in [-0.2, 0) is 4.79 Å². The maximum absolute atomic E-state index is 12.2. The van der Waals surface area contributed by atoms with Gasteiger partial charge in [0.1, 0.15) is 0 Å². The first kappa shape index (κ1) is 12.2. The second-order valence-corrected chi connectivity index (χ2v) is 5.56. The molecule has 0 bridgehead atoms. The lowest BCUT2D eigenvalue weighted by Gasteiger charge is -2.46. The molecular formula is C15H21NO. The fourth-order valence-corrected chi connectivity index (χ4v) is 3.01. The van der Waals surface area contributed by atoms with E-state index in [4.69, 9.17) is 0 Å². The summed E-state index contributed by atoms with van der Waals surface area (Å²) in [6.07, 6.45) is 1.59. The normalized spacial score (nSPS) is 22.1. The number of fused-ring (bicyclic) bond motifs is 1. The third kappa shape index (κ3) is 1.97. The van der Waals surface area contributed by atoms with Crippen LogP contribution in [0.1, 0.15) is 52.0 Å². The van der Waals surface area contributed by atoms with Gasteiger partial charge < -0.3 is 4.90 Å². The first-order valence-electron chi connectivity index (χ1n) is 6.39. The highest BCUT2D eigenvalue weighted by atomic mass is 16.2. The lowest BCUT2D eigenvalue weighted by atomic mass is 9.80. The Labute approximate surface area is 104 Å². The average molecular weight is 231 g/mol. The van der Waals surface area contributed by atoms with E-state index in [1.807, 2.05) is 17.9 Å². The minimum Gasteiger partial charge on any atom is -0.307 e. The Morgan fingerprint density at radius 3 is 2.71 bits per heavy atom. The number of rotatable bonds is 1. The van der Waals surface area contributed by atoms with Gasteiger partial charge in [-0.15, -0.1) is 0 Å². The SMILES string of the molecule is CCC(=O)N1c2ccccc2C(C)CC1(C)C. The highest BCUT2D eigenvalue weighted by Crippen LogP contribution is 2.43. The maximum atomic E-state index is 12.2. The zero-order valence-electron chi connectivity index (χ0n) is 11.2. The fraction of sp³-hybridized carbons (Fsp3) is 0.533. The number of anilines is 1. The van der Waals surface area contributed by atoms with E-state index in [0.717, 1.165) is 12.1 Å². The van der Waals surface area contributed by atoms with Crippen molar-refractivity contribution in [1.82, 2.24) is 0 Å². The van der Waals surface area contributed by atoms with Gasteiger partial charge in [0.25, 0.3) is 0 Å². The molecule has 2 nitrogen and oxygen atoms in total. The largest absolute Gasteiger partial charge is 0.307 e. The van der Waals surface area contributed by atoms with E-state index in [9.17, 15) is 4.79 Å². The standard InChI is InChI=1S/C15H21NO/c1-5-14(17)16-13-9-7-6-8-12(13)11(2)10-15(16,3)4/h6-9,11H,5,10H2,1-4H3. The van der Waals surface area contributed by atoms with E-state index < -0.39 is 0 Å². The van der Waals surface area contributed by atoms with Crippen molar-refractivity contribution >= 4 is 11.6 Å². The number of para-hydroxylation sites is 1. The van der Waals surface area contributed by atoms with Crippen LogP contribution in [0, 0.1) is 0 Å². The van der Waals surface area contributed by atoms with Gasteiger partial charge in [-0.1, -0.05) is 32.0 Å². The topological polar surface area (TPSA) is 20.3 Å². The monoisotopic (exact) mass is 231 g/mol. The van der Waals surface area contributed by atoms with Gasteiger partial charge in [0.2, 0.25) is 5.91 Å². The number of amides is 1. The lowest BCUT2D eigenvalue weighted by molar-refractivity contribution is -0.119. The summed E-state index contributed by atoms with van der Waals surface area (Å²) in [7, 11) is 0. The van der Waals surface area contributed by atoms with Crippen molar-refractivity contribution in [1.29, 1.82) is 0 Å². The van der Waals surface area contributed by atoms with Gasteiger partial charge in [-0.3, -0.25) is 4.79 Å². The van der Waals surface area contributed by atoms with Crippen molar-refractivity contribution in [3.8, 4) is 0 Å². The van der Waals surface area contributed by atoms with Crippen LogP contribution in [-0.4, -0.2) is 11.4 Å². The van der Waals surface area contributed by atoms with E-state index >= 15 is 0 Å². The molecule has 0 saturated heterocycles. The molecule has 2 rings (SSSR count). The van der Waals surface area contributed by atoms with Crippen molar-refractivity contribution < 1.29 is 4.79 Å². The van der Waals surface area contributed by atoms with Crippen LogP contribution in [0.15, 0.2) is 24.3 Å². The van der Waals surface area contributed by atoms with Crippen molar-refractivity contribution in [3.63, 3.8) is 0 Å². The highest BCUT2D eigenvalue weighted by Gasteiger charge is 2.38. The van der Waals surface area contributed by atoms with E-state index in [-0.39, 0.29) is 11.4 Å². The van der Waals surface area contributed by atoms with Crippen LogP contribution in [0.3, 0.4) is 0 Å². The Balaban J connectivity index is 2.55. The summed E-state index contributed by atoms with van der Waals surface area (Å²) in [5.41, 5.74) is 2.32. The van der Waals surface area contributed by atoms with E-state index in [1.54, 1.807) is 0 Å². The average Bonchev–Trinajstić information content (AvgIpc) is 2.27. The van der Waals surface area contributed by atoms with Crippen LogP contribution in [0.25, 0.3) is 0 Å². The molecule has 0 N–H and O–H groups in total. The molecule has 1 heterocycles. The van der Waals surface area contributed by atoms with Gasteiger partial charge in [0.15, 0.2) is 0 Å².